The Bertz CT molecular complexity index is 1180. The summed E-state index contributed by atoms with van der Waals surface area (Å²) in [6, 6.07) is 12.5. The third kappa shape index (κ3) is 3.18. The van der Waals surface area contributed by atoms with Crippen LogP contribution in [0.3, 0.4) is 0 Å². The first-order valence-electron chi connectivity index (χ1n) is 7.87. The molecule has 4 aromatic rings. The van der Waals surface area contributed by atoms with E-state index in [-0.39, 0.29) is 5.91 Å². The van der Waals surface area contributed by atoms with Gasteiger partial charge in [0.2, 0.25) is 5.91 Å². The van der Waals surface area contributed by atoms with Crippen LogP contribution in [0.25, 0.3) is 16.6 Å². The molecule has 0 spiro atoms. The van der Waals surface area contributed by atoms with Crippen LogP contribution in [0.5, 0.6) is 0 Å². The van der Waals surface area contributed by atoms with Gasteiger partial charge in [0.25, 0.3) is 0 Å². The number of anilines is 1. The quantitative estimate of drug-likeness (QED) is 0.441. The molecule has 0 atom stereocenters. The number of aromatic nitrogens is 3. The third-order valence-corrected chi connectivity index (χ3v) is 4.78. The minimum Gasteiger partial charge on any atom is -0.423 e. The molecule has 130 valence electrons. The lowest BCUT2D eigenvalue weighted by atomic mass is 10.1. The molecule has 7 nitrogen and oxygen atoms in total. The van der Waals surface area contributed by atoms with E-state index < -0.39 is 5.63 Å². The molecule has 0 saturated carbocycles. The SMILES string of the molecule is CC(=O)Nc1ccc2c(CSc3nnc4ccccn34)cc(=O)oc2c1. The molecule has 3 heterocycles. The lowest BCUT2D eigenvalue weighted by Crippen LogP contribution is -2.06. The molecule has 0 aliphatic heterocycles. The van der Waals surface area contributed by atoms with Crippen molar-refractivity contribution in [3.63, 3.8) is 0 Å². The molecular formula is C18H14N4O3S. The first kappa shape index (κ1) is 16.3. The molecule has 0 bridgehead atoms. The Kier molecular flexibility index (Phi) is 4.18. The Morgan fingerprint density at radius 2 is 2.12 bits per heavy atom. The molecule has 1 aromatic carbocycles. The van der Waals surface area contributed by atoms with Crippen molar-refractivity contribution in [2.75, 3.05) is 5.32 Å². The summed E-state index contributed by atoms with van der Waals surface area (Å²) >= 11 is 1.49. The summed E-state index contributed by atoms with van der Waals surface area (Å²) in [6.07, 6.45) is 1.90. The number of carbonyl (C=O) groups excluding carboxylic acids is 1. The number of hydrogen-bond donors (Lipinski definition) is 1. The Balaban J connectivity index is 1.67. The number of benzene rings is 1. The first-order valence-corrected chi connectivity index (χ1v) is 8.86. The second kappa shape index (κ2) is 6.64. The molecule has 26 heavy (non-hydrogen) atoms. The standard InChI is InChI=1S/C18H14N4O3S/c1-11(23)19-13-5-6-14-12(8-17(24)25-15(14)9-13)10-26-18-21-20-16-4-2-3-7-22(16)18/h2-9H,10H2,1H3,(H,19,23). The van der Waals surface area contributed by atoms with Crippen LogP contribution in [-0.2, 0) is 10.5 Å². The van der Waals surface area contributed by atoms with Crippen molar-refractivity contribution in [2.24, 2.45) is 0 Å². The van der Waals surface area contributed by atoms with E-state index in [2.05, 4.69) is 15.5 Å². The summed E-state index contributed by atoms with van der Waals surface area (Å²) in [7, 11) is 0. The number of nitrogens with one attached hydrogen (secondary N) is 1. The van der Waals surface area contributed by atoms with Gasteiger partial charge in [-0.3, -0.25) is 9.20 Å². The maximum absolute atomic E-state index is 11.9. The van der Waals surface area contributed by atoms with E-state index in [1.807, 2.05) is 34.9 Å². The van der Waals surface area contributed by atoms with Crippen molar-refractivity contribution in [2.45, 2.75) is 17.8 Å². The van der Waals surface area contributed by atoms with Gasteiger partial charge in [-0.05, 0) is 29.8 Å². The van der Waals surface area contributed by atoms with Gasteiger partial charge in [-0.15, -0.1) is 10.2 Å². The van der Waals surface area contributed by atoms with Gasteiger partial charge in [0.05, 0.1) is 0 Å². The van der Waals surface area contributed by atoms with E-state index in [0.717, 1.165) is 21.8 Å². The summed E-state index contributed by atoms with van der Waals surface area (Å²) in [5, 5.41) is 12.6. The van der Waals surface area contributed by atoms with Crippen molar-refractivity contribution in [3.8, 4) is 0 Å². The molecule has 0 aliphatic rings. The van der Waals surface area contributed by atoms with Gasteiger partial charge in [-0.2, -0.15) is 0 Å². The molecular weight excluding hydrogens is 352 g/mol. The molecule has 1 amide bonds. The van der Waals surface area contributed by atoms with Crippen LogP contribution in [-0.4, -0.2) is 20.5 Å². The van der Waals surface area contributed by atoms with Crippen LogP contribution in [0.15, 0.2) is 63.0 Å². The lowest BCUT2D eigenvalue weighted by molar-refractivity contribution is -0.114. The van der Waals surface area contributed by atoms with E-state index >= 15 is 0 Å². The fourth-order valence-corrected chi connectivity index (χ4v) is 3.61. The van der Waals surface area contributed by atoms with E-state index in [0.29, 0.717) is 17.0 Å². The summed E-state index contributed by atoms with van der Waals surface area (Å²) in [5.41, 5.74) is 2.20. The van der Waals surface area contributed by atoms with E-state index in [9.17, 15) is 9.59 Å². The number of hydrogen-bond acceptors (Lipinski definition) is 6. The van der Waals surface area contributed by atoms with Crippen LogP contribution < -0.4 is 10.9 Å². The fourth-order valence-electron chi connectivity index (χ4n) is 2.69. The molecule has 4 rings (SSSR count). The van der Waals surface area contributed by atoms with Gasteiger partial charge in [0, 0.05) is 42.1 Å². The Labute approximate surface area is 152 Å². The summed E-state index contributed by atoms with van der Waals surface area (Å²) in [5.74, 6) is 0.356. The lowest BCUT2D eigenvalue weighted by Gasteiger charge is -2.07. The molecule has 0 aliphatic carbocycles. The fraction of sp³-hybridized carbons (Fsp3) is 0.111. The highest BCUT2D eigenvalue weighted by Crippen LogP contribution is 2.27. The average Bonchev–Trinajstić information content (AvgIpc) is 3.02. The van der Waals surface area contributed by atoms with Crippen LogP contribution in [0.1, 0.15) is 12.5 Å². The second-order valence-corrected chi connectivity index (χ2v) is 6.63. The normalized spacial score (nSPS) is 11.1. The van der Waals surface area contributed by atoms with Crippen LogP contribution in [0.4, 0.5) is 5.69 Å². The van der Waals surface area contributed by atoms with Gasteiger partial charge in [0.1, 0.15) is 5.58 Å². The summed E-state index contributed by atoms with van der Waals surface area (Å²) < 4.78 is 7.18. The average molecular weight is 366 g/mol. The smallest absolute Gasteiger partial charge is 0.336 e. The topological polar surface area (TPSA) is 89.5 Å². The van der Waals surface area contributed by atoms with Crippen molar-refractivity contribution in [1.29, 1.82) is 0 Å². The summed E-state index contributed by atoms with van der Waals surface area (Å²) in [4.78, 5) is 23.1. The number of amides is 1. The maximum atomic E-state index is 11.9. The molecule has 0 fully saturated rings. The zero-order valence-corrected chi connectivity index (χ0v) is 14.6. The molecule has 1 N–H and O–H groups in total. The highest BCUT2D eigenvalue weighted by molar-refractivity contribution is 7.98. The van der Waals surface area contributed by atoms with E-state index in [1.54, 1.807) is 12.1 Å². The van der Waals surface area contributed by atoms with Gasteiger partial charge in [-0.25, -0.2) is 4.79 Å². The van der Waals surface area contributed by atoms with Gasteiger partial charge < -0.3 is 9.73 Å². The van der Waals surface area contributed by atoms with Crippen molar-refractivity contribution >= 4 is 40.0 Å². The number of pyridine rings is 1. The zero-order chi connectivity index (χ0) is 18.1. The van der Waals surface area contributed by atoms with Crippen LogP contribution in [0, 0.1) is 0 Å². The van der Waals surface area contributed by atoms with Crippen molar-refractivity contribution in [1.82, 2.24) is 14.6 Å². The Morgan fingerprint density at radius 1 is 1.23 bits per heavy atom. The maximum Gasteiger partial charge on any atom is 0.336 e. The Hall–Kier alpha value is -3.13. The number of thioether (sulfide) groups is 1. The monoisotopic (exact) mass is 366 g/mol. The second-order valence-electron chi connectivity index (χ2n) is 5.68. The molecule has 0 radical (unpaired) electrons. The summed E-state index contributed by atoms with van der Waals surface area (Å²) in [6.45, 7) is 1.43. The van der Waals surface area contributed by atoms with Crippen LogP contribution in [0.2, 0.25) is 0 Å². The van der Waals surface area contributed by atoms with Gasteiger partial charge in [-0.1, -0.05) is 17.8 Å². The van der Waals surface area contributed by atoms with Crippen LogP contribution >= 0.6 is 11.8 Å². The number of fused-ring (bicyclic) bond motifs is 2. The first-order chi connectivity index (χ1) is 12.6. The molecule has 0 saturated heterocycles. The third-order valence-electron chi connectivity index (χ3n) is 3.79. The van der Waals surface area contributed by atoms with Gasteiger partial charge in [0.15, 0.2) is 10.8 Å². The van der Waals surface area contributed by atoms with Crippen molar-refractivity contribution < 1.29 is 9.21 Å². The van der Waals surface area contributed by atoms with Crippen molar-refractivity contribution in [3.05, 3.63) is 64.6 Å². The minimum absolute atomic E-state index is 0.183. The minimum atomic E-state index is -0.431. The number of nitrogens with zero attached hydrogens (tertiary/aromatic N) is 3. The van der Waals surface area contributed by atoms with Gasteiger partial charge >= 0.3 is 5.63 Å². The number of rotatable bonds is 4. The molecule has 0 unspecified atom stereocenters. The highest BCUT2D eigenvalue weighted by atomic mass is 32.2. The predicted octanol–water partition coefficient (Wildman–Crippen LogP) is 3.09. The van der Waals surface area contributed by atoms with E-state index in [4.69, 9.17) is 4.42 Å². The molecule has 3 aromatic heterocycles. The van der Waals surface area contributed by atoms with E-state index in [1.165, 1.54) is 24.8 Å². The zero-order valence-electron chi connectivity index (χ0n) is 13.8. The predicted molar refractivity (Wildman–Crippen MR) is 99.3 cm³/mol. The number of carbonyl (C=O) groups is 1. The molecule has 8 heteroatoms. The Morgan fingerprint density at radius 3 is 2.96 bits per heavy atom. The largest absolute Gasteiger partial charge is 0.423 e. The highest BCUT2D eigenvalue weighted by Gasteiger charge is 2.10.